The Balaban J connectivity index is 1.52. The number of nitrogens with one attached hydrogen (secondary N) is 1. The van der Waals surface area contributed by atoms with Gasteiger partial charge in [-0.05, 0) is 35.2 Å². The number of hydrogen-bond donors (Lipinski definition) is 1. The fourth-order valence-corrected chi connectivity index (χ4v) is 2.90. The number of rotatable bonds is 5. The zero-order valence-corrected chi connectivity index (χ0v) is 16.7. The molecule has 0 saturated heterocycles. The quantitative estimate of drug-likeness (QED) is 0.786. The third-order valence-electron chi connectivity index (χ3n) is 4.49. The average molecular weight is 396 g/mol. The van der Waals surface area contributed by atoms with Gasteiger partial charge in [-0.15, -0.1) is 0 Å². The first-order chi connectivity index (χ1) is 13.7. The number of carbonyl (C=O) groups is 3. The Hall–Kier alpha value is -3.35. The largest absolute Gasteiger partial charge is 0.482 e. The van der Waals surface area contributed by atoms with Crippen molar-refractivity contribution in [2.75, 3.05) is 30.0 Å². The molecule has 0 aromatic heterocycles. The first-order valence-electron chi connectivity index (χ1n) is 9.32. The Bertz CT molecular complexity index is 916. The zero-order chi connectivity index (χ0) is 21.0. The van der Waals surface area contributed by atoms with Gasteiger partial charge in [-0.25, -0.2) is 0 Å². The van der Waals surface area contributed by atoms with E-state index in [1.807, 2.05) is 24.3 Å². The summed E-state index contributed by atoms with van der Waals surface area (Å²) in [5.41, 5.74) is 2.30. The van der Waals surface area contributed by atoms with E-state index in [1.54, 1.807) is 24.3 Å². The summed E-state index contributed by atoms with van der Waals surface area (Å²) in [6, 6.07) is 14.5. The molecule has 1 aliphatic rings. The fraction of sp³-hybridized carbons (Fsp3) is 0.318. The zero-order valence-electron chi connectivity index (χ0n) is 16.7. The van der Waals surface area contributed by atoms with Crippen LogP contribution in [0.15, 0.2) is 48.5 Å². The summed E-state index contributed by atoms with van der Waals surface area (Å²) >= 11 is 0. The van der Waals surface area contributed by atoms with Crippen LogP contribution in [0.4, 0.5) is 11.4 Å². The predicted octanol–water partition coefficient (Wildman–Crippen LogP) is 2.89. The summed E-state index contributed by atoms with van der Waals surface area (Å²) in [5.74, 6) is -0.941. The summed E-state index contributed by atoms with van der Waals surface area (Å²) < 4.78 is 10.4. The van der Waals surface area contributed by atoms with Gasteiger partial charge in [-0.3, -0.25) is 19.3 Å². The van der Waals surface area contributed by atoms with E-state index in [0.29, 0.717) is 17.1 Å². The minimum atomic E-state index is -0.673. The molecule has 0 atom stereocenters. The fourth-order valence-electron chi connectivity index (χ4n) is 2.90. The number of ether oxygens (including phenoxy) is 2. The molecule has 152 valence electrons. The summed E-state index contributed by atoms with van der Waals surface area (Å²) in [6.07, 6.45) is 0. The maximum absolute atomic E-state index is 12.1. The second kappa shape index (κ2) is 8.34. The second-order valence-electron chi connectivity index (χ2n) is 7.77. The molecule has 0 aliphatic carbocycles. The number of carbonyl (C=O) groups excluding carboxylic acids is 3. The maximum Gasteiger partial charge on any atom is 0.326 e. The van der Waals surface area contributed by atoms with Crippen molar-refractivity contribution in [2.24, 2.45) is 0 Å². The van der Waals surface area contributed by atoms with Crippen molar-refractivity contribution in [3.8, 4) is 5.75 Å². The van der Waals surface area contributed by atoms with Crippen LogP contribution < -0.4 is 15.0 Å². The summed E-state index contributed by atoms with van der Waals surface area (Å²) in [7, 11) is 0. The second-order valence-corrected chi connectivity index (χ2v) is 7.77. The number of amides is 2. The van der Waals surface area contributed by atoms with Crippen LogP contribution in [0.3, 0.4) is 0 Å². The Labute approximate surface area is 169 Å². The highest BCUT2D eigenvalue weighted by Gasteiger charge is 2.27. The number of fused-ring (bicyclic) bond motifs is 1. The Morgan fingerprint density at radius 2 is 1.79 bits per heavy atom. The molecule has 0 radical (unpaired) electrons. The normalized spacial score (nSPS) is 13.3. The van der Waals surface area contributed by atoms with E-state index >= 15 is 0 Å². The molecule has 2 amide bonds. The standard InChI is InChI=1S/C22H24N2O5/c1-22(2,3)15-8-10-16(11-9-15)23-19(25)13-29-21(27)12-24-17-6-4-5-7-18(17)28-14-20(24)26/h4-11H,12-14H2,1-3H3,(H,23,25). The number of anilines is 2. The first kappa shape index (κ1) is 20.4. The minimum absolute atomic E-state index is 0.0214. The number of benzene rings is 2. The third kappa shape index (κ3) is 5.13. The Kier molecular flexibility index (Phi) is 5.87. The number of para-hydroxylation sites is 2. The molecule has 7 nitrogen and oxygen atoms in total. The van der Waals surface area contributed by atoms with Crippen molar-refractivity contribution < 1.29 is 23.9 Å². The molecular formula is C22H24N2O5. The average Bonchev–Trinajstić information content (AvgIpc) is 2.68. The number of nitrogens with zero attached hydrogens (tertiary/aromatic N) is 1. The van der Waals surface area contributed by atoms with Gasteiger partial charge in [0.05, 0.1) is 5.69 Å². The van der Waals surface area contributed by atoms with Crippen LogP contribution >= 0.6 is 0 Å². The molecule has 1 heterocycles. The Morgan fingerprint density at radius 1 is 1.10 bits per heavy atom. The molecule has 0 fully saturated rings. The number of esters is 1. The highest BCUT2D eigenvalue weighted by atomic mass is 16.5. The topological polar surface area (TPSA) is 84.9 Å². The third-order valence-corrected chi connectivity index (χ3v) is 4.49. The molecular weight excluding hydrogens is 372 g/mol. The van der Waals surface area contributed by atoms with Crippen molar-refractivity contribution in [1.82, 2.24) is 0 Å². The van der Waals surface area contributed by atoms with Gasteiger partial charge in [0.15, 0.2) is 13.2 Å². The highest BCUT2D eigenvalue weighted by molar-refractivity contribution is 6.01. The van der Waals surface area contributed by atoms with E-state index in [-0.39, 0.29) is 24.5 Å². The SMILES string of the molecule is CC(C)(C)c1ccc(NC(=O)COC(=O)CN2C(=O)COc3ccccc32)cc1. The van der Waals surface area contributed by atoms with Crippen LogP contribution in [0.5, 0.6) is 5.75 Å². The molecule has 2 aromatic rings. The van der Waals surface area contributed by atoms with Gasteiger partial charge in [0.1, 0.15) is 12.3 Å². The number of hydrogen-bond acceptors (Lipinski definition) is 5. The van der Waals surface area contributed by atoms with Crippen LogP contribution in [0.2, 0.25) is 0 Å². The lowest BCUT2D eigenvalue weighted by atomic mass is 9.87. The van der Waals surface area contributed by atoms with Gasteiger partial charge < -0.3 is 14.8 Å². The van der Waals surface area contributed by atoms with Crippen molar-refractivity contribution in [3.63, 3.8) is 0 Å². The van der Waals surface area contributed by atoms with Crippen molar-refractivity contribution >= 4 is 29.2 Å². The van der Waals surface area contributed by atoms with Crippen LogP contribution in [0, 0.1) is 0 Å². The molecule has 0 saturated carbocycles. The molecule has 1 aliphatic heterocycles. The van der Waals surface area contributed by atoms with Crippen molar-refractivity contribution in [3.05, 3.63) is 54.1 Å². The smallest absolute Gasteiger partial charge is 0.326 e. The van der Waals surface area contributed by atoms with Gasteiger partial charge in [0.2, 0.25) is 0 Å². The molecule has 29 heavy (non-hydrogen) atoms. The summed E-state index contributed by atoms with van der Waals surface area (Å²) in [5, 5.41) is 2.69. The maximum atomic E-state index is 12.1. The molecule has 0 unspecified atom stereocenters. The van der Waals surface area contributed by atoms with Gasteiger partial charge in [-0.2, -0.15) is 0 Å². The van der Waals surface area contributed by atoms with Gasteiger partial charge >= 0.3 is 5.97 Å². The highest BCUT2D eigenvalue weighted by Crippen LogP contribution is 2.31. The van der Waals surface area contributed by atoms with Gasteiger partial charge in [-0.1, -0.05) is 45.0 Å². The summed E-state index contributed by atoms with van der Waals surface area (Å²) in [6.45, 7) is 5.47. The van der Waals surface area contributed by atoms with E-state index in [0.717, 1.165) is 5.56 Å². The van der Waals surface area contributed by atoms with Gasteiger partial charge in [0, 0.05) is 5.69 Å². The van der Waals surface area contributed by atoms with Crippen molar-refractivity contribution in [1.29, 1.82) is 0 Å². The van der Waals surface area contributed by atoms with Crippen LogP contribution in [-0.2, 0) is 24.5 Å². The van der Waals surface area contributed by atoms with Crippen LogP contribution in [0.25, 0.3) is 0 Å². The molecule has 0 bridgehead atoms. The van der Waals surface area contributed by atoms with E-state index in [9.17, 15) is 14.4 Å². The van der Waals surface area contributed by atoms with E-state index in [1.165, 1.54) is 4.90 Å². The lowest BCUT2D eigenvalue weighted by Gasteiger charge is -2.28. The molecule has 3 rings (SSSR count). The van der Waals surface area contributed by atoms with Crippen molar-refractivity contribution in [2.45, 2.75) is 26.2 Å². The Morgan fingerprint density at radius 3 is 2.48 bits per heavy atom. The first-order valence-corrected chi connectivity index (χ1v) is 9.32. The van der Waals surface area contributed by atoms with E-state index in [2.05, 4.69) is 26.1 Å². The minimum Gasteiger partial charge on any atom is -0.482 e. The molecule has 7 heteroatoms. The molecule has 1 N–H and O–H groups in total. The van der Waals surface area contributed by atoms with E-state index in [4.69, 9.17) is 9.47 Å². The van der Waals surface area contributed by atoms with Crippen LogP contribution in [-0.4, -0.2) is 37.5 Å². The predicted molar refractivity (Wildman–Crippen MR) is 109 cm³/mol. The van der Waals surface area contributed by atoms with Gasteiger partial charge in [0.25, 0.3) is 11.8 Å². The summed E-state index contributed by atoms with van der Waals surface area (Å²) in [4.78, 5) is 37.6. The van der Waals surface area contributed by atoms with E-state index < -0.39 is 18.5 Å². The lowest BCUT2D eigenvalue weighted by Crippen LogP contribution is -2.42. The monoisotopic (exact) mass is 396 g/mol. The lowest BCUT2D eigenvalue weighted by molar-refractivity contribution is -0.146. The molecule has 0 spiro atoms. The molecule has 2 aromatic carbocycles. The van der Waals surface area contributed by atoms with Crippen LogP contribution in [0.1, 0.15) is 26.3 Å².